The minimum Gasteiger partial charge on any atom is -0.755 e. The number of aryl methyl sites for hydroxylation is 1. The fourth-order valence-electron chi connectivity index (χ4n) is 4.57. The number of aromatic nitrogens is 2. The van der Waals surface area contributed by atoms with E-state index in [1.165, 1.54) is 21.9 Å². The van der Waals surface area contributed by atoms with E-state index in [-0.39, 0.29) is 0 Å². The van der Waals surface area contributed by atoms with Crippen molar-refractivity contribution in [2.45, 2.75) is 18.8 Å². The average molecular weight is 478 g/mol. The van der Waals surface area contributed by atoms with Gasteiger partial charge in [-0.3, -0.25) is 9.19 Å². The van der Waals surface area contributed by atoms with E-state index in [0.717, 1.165) is 44.1 Å². The number of nitrogens with zero attached hydrogens (tertiary/aromatic N) is 3. The third-order valence-corrected chi connectivity index (χ3v) is 6.58. The second-order valence-electron chi connectivity index (χ2n) is 8.35. The molecule has 2 aromatic carbocycles. The molecule has 1 atom stereocenters. The SMILES string of the molecule is CO.Cn1cc2c(C3CCN(C=Cc4ccc(NS(=O)[O-])cc4)CC3)nc3ccccc3c2c1. The van der Waals surface area contributed by atoms with Gasteiger partial charge in [0.15, 0.2) is 0 Å². The molecule has 7 nitrogen and oxygen atoms in total. The molecule has 2 aromatic heterocycles. The van der Waals surface area contributed by atoms with E-state index in [1.54, 1.807) is 12.1 Å². The quantitative estimate of drug-likeness (QED) is 0.416. The Kier molecular flexibility index (Phi) is 7.62. The standard InChI is InChI=1S/C25H26N4O2S.CH4O/c1-28-16-22-21-4-2-3-5-24(21)26-25(23(22)17-28)19-11-14-29(15-12-19)13-10-18-6-8-20(9-7-18)27-32(30)31;1-2/h2-10,13,16-17,19,27H,11-12,14-15H2,1H3,(H,30,31);2H,1H3/p-1. The highest BCUT2D eigenvalue weighted by Gasteiger charge is 2.23. The number of hydrogen-bond acceptors (Lipinski definition) is 5. The summed E-state index contributed by atoms with van der Waals surface area (Å²) in [6.07, 6.45) is 10.8. The van der Waals surface area contributed by atoms with Crippen LogP contribution in [0.5, 0.6) is 0 Å². The fraction of sp³-hybridized carbons (Fsp3) is 0.269. The second-order valence-corrected chi connectivity index (χ2v) is 9.02. The number of para-hydroxylation sites is 1. The zero-order valence-electron chi connectivity index (χ0n) is 19.3. The van der Waals surface area contributed by atoms with Gasteiger partial charge in [-0.25, -0.2) is 0 Å². The normalized spacial score (nSPS) is 15.5. The number of aliphatic hydroxyl groups excluding tert-OH is 1. The summed E-state index contributed by atoms with van der Waals surface area (Å²) in [5.74, 6) is 0.451. The number of rotatable bonds is 5. The lowest BCUT2D eigenvalue weighted by molar-refractivity contribution is 0.284. The predicted octanol–water partition coefficient (Wildman–Crippen LogP) is 4.39. The van der Waals surface area contributed by atoms with E-state index in [1.807, 2.05) is 12.1 Å². The zero-order valence-corrected chi connectivity index (χ0v) is 20.2. The number of anilines is 1. The summed E-state index contributed by atoms with van der Waals surface area (Å²) in [5.41, 5.74) is 3.90. The maximum atomic E-state index is 10.7. The van der Waals surface area contributed by atoms with Crippen molar-refractivity contribution in [1.29, 1.82) is 0 Å². The number of fused-ring (bicyclic) bond motifs is 3. The van der Waals surface area contributed by atoms with E-state index >= 15 is 0 Å². The van der Waals surface area contributed by atoms with Crippen LogP contribution in [0.1, 0.15) is 30.0 Å². The Morgan fingerprint density at radius 1 is 1.03 bits per heavy atom. The first-order valence-electron chi connectivity index (χ1n) is 11.2. The van der Waals surface area contributed by atoms with Crippen LogP contribution in [0.2, 0.25) is 0 Å². The molecule has 34 heavy (non-hydrogen) atoms. The van der Waals surface area contributed by atoms with E-state index in [4.69, 9.17) is 10.1 Å². The number of pyridine rings is 1. The average Bonchev–Trinajstić information content (AvgIpc) is 3.26. The highest BCUT2D eigenvalue weighted by Crippen LogP contribution is 2.35. The Morgan fingerprint density at radius 2 is 1.71 bits per heavy atom. The van der Waals surface area contributed by atoms with Crippen molar-refractivity contribution in [3.8, 4) is 0 Å². The molecular formula is C26H29N4O3S-. The molecule has 8 heteroatoms. The minimum absolute atomic E-state index is 0.451. The molecule has 5 rings (SSSR count). The van der Waals surface area contributed by atoms with Crippen molar-refractivity contribution in [3.63, 3.8) is 0 Å². The number of hydrogen-bond donors (Lipinski definition) is 2. The lowest BCUT2D eigenvalue weighted by atomic mass is 9.90. The second kappa shape index (κ2) is 10.8. The van der Waals surface area contributed by atoms with Gasteiger partial charge in [0.1, 0.15) is 0 Å². The molecule has 0 bridgehead atoms. The highest BCUT2D eigenvalue weighted by atomic mass is 32.2. The van der Waals surface area contributed by atoms with E-state index in [0.29, 0.717) is 11.6 Å². The first-order valence-corrected chi connectivity index (χ1v) is 12.3. The molecule has 1 aliphatic rings. The van der Waals surface area contributed by atoms with Crippen molar-refractivity contribution in [2.75, 3.05) is 24.9 Å². The van der Waals surface area contributed by atoms with Gasteiger partial charge in [-0.2, -0.15) is 0 Å². The van der Waals surface area contributed by atoms with Crippen molar-refractivity contribution in [2.24, 2.45) is 7.05 Å². The number of piperidine rings is 1. The van der Waals surface area contributed by atoms with E-state index in [2.05, 4.69) is 70.2 Å². The molecule has 0 radical (unpaired) electrons. The molecule has 0 spiro atoms. The van der Waals surface area contributed by atoms with Gasteiger partial charge in [0.05, 0.1) is 11.2 Å². The highest BCUT2D eigenvalue weighted by molar-refractivity contribution is 7.80. The molecule has 1 aliphatic heterocycles. The first-order chi connectivity index (χ1) is 16.6. The van der Waals surface area contributed by atoms with Crippen LogP contribution in [-0.4, -0.2) is 48.5 Å². The molecular weight excluding hydrogens is 448 g/mol. The summed E-state index contributed by atoms with van der Waals surface area (Å²) < 4.78 is 25.9. The Hall–Kier alpha value is -3.20. The molecule has 1 unspecified atom stereocenters. The van der Waals surface area contributed by atoms with Crippen molar-refractivity contribution < 1.29 is 13.9 Å². The van der Waals surface area contributed by atoms with Crippen LogP contribution in [-0.2, 0) is 18.3 Å². The maximum Gasteiger partial charge on any atom is 0.0712 e. The van der Waals surface area contributed by atoms with Gasteiger partial charge in [-0.15, -0.1) is 0 Å². The molecule has 4 aromatic rings. The van der Waals surface area contributed by atoms with Crippen LogP contribution in [0.15, 0.2) is 67.1 Å². The van der Waals surface area contributed by atoms with E-state index in [9.17, 15) is 8.76 Å². The van der Waals surface area contributed by atoms with Gasteiger partial charge in [-0.05, 0) is 48.9 Å². The van der Waals surface area contributed by atoms with Gasteiger partial charge in [0, 0.05) is 78.7 Å². The predicted molar refractivity (Wildman–Crippen MR) is 138 cm³/mol. The molecule has 3 heterocycles. The Balaban J connectivity index is 0.00000133. The van der Waals surface area contributed by atoms with Gasteiger partial charge in [0.2, 0.25) is 0 Å². The number of nitrogens with one attached hydrogen (secondary N) is 1. The Bertz CT molecular complexity index is 1310. The van der Waals surface area contributed by atoms with Gasteiger partial charge >= 0.3 is 0 Å². The number of benzene rings is 2. The third kappa shape index (κ3) is 5.30. The topological polar surface area (TPSA) is 93.5 Å². The van der Waals surface area contributed by atoms with Crippen molar-refractivity contribution in [1.82, 2.24) is 14.5 Å². The van der Waals surface area contributed by atoms with E-state index < -0.39 is 11.3 Å². The lowest BCUT2D eigenvalue weighted by Gasteiger charge is -2.31. The molecule has 178 valence electrons. The van der Waals surface area contributed by atoms with Crippen molar-refractivity contribution >= 4 is 44.7 Å². The van der Waals surface area contributed by atoms with Crippen LogP contribution in [0.4, 0.5) is 5.69 Å². The van der Waals surface area contributed by atoms with Gasteiger partial charge < -0.3 is 23.8 Å². The summed E-state index contributed by atoms with van der Waals surface area (Å²) in [4.78, 5) is 7.43. The van der Waals surface area contributed by atoms with Crippen LogP contribution >= 0.6 is 0 Å². The monoisotopic (exact) mass is 477 g/mol. The largest absolute Gasteiger partial charge is 0.755 e. The summed E-state index contributed by atoms with van der Waals surface area (Å²) >= 11 is -2.30. The van der Waals surface area contributed by atoms with Gasteiger partial charge in [0.25, 0.3) is 0 Å². The van der Waals surface area contributed by atoms with Crippen molar-refractivity contribution in [3.05, 3.63) is 78.4 Å². The third-order valence-electron chi connectivity index (χ3n) is 6.17. The number of aliphatic hydroxyl groups is 1. The fourth-order valence-corrected chi connectivity index (χ4v) is 4.90. The summed E-state index contributed by atoms with van der Waals surface area (Å²) in [6, 6.07) is 15.7. The van der Waals surface area contributed by atoms with Crippen LogP contribution in [0.25, 0.3) is 27.8 Å². The summed E-state index contributed by atoms with van der Waals surface area (Å²) in [6.45, 7) is 1.97. The molecule has 2 N–H and O–H groups in total. The molecule has 1 saturated heterocycles. The Labute approximate surface area is 202 Å². The molecule has 1 fully saturated rings. The molecule has 0 aliphatic carbocycles. The van der Waals surface area contributed by atoms with Crippen LogP contribution in [0, 0.1) is 0 Å². The first kappa shape index (κ1) is 23.9. The van der Waals surface area contributed by atoms with Crippen LogP contribution in [0.3, 0.4) is 0 Å². The lowest BCUT2D eigenvalue weighted by Crippen LogP contribution is -2.28. The zero-order chi connectivity index (χ0) is 24.1. The smallest absolute Gasteiger partial charge is 0.0712 e. The maximum absolute atomic E-state index is 10.7. The number of likely N-dealkylation sites (tertiary alicyclic amines) is 1. The molecule has 0 saturated carbocycles. The minimum atomic E-state index is -2.30. The van der Waals surface area contributed by atoms with Gasteiger partial charge in [-0.1, -0.05) is 30.3 Å². The van der Waals surface area contributed by atoms with Crippen LogP contribution < -0.4 is 4.72 Å². The Morgan fingerprint density at radius 3 is 2.41 bits per heavy atom. The summed E-state index contributed by atoms with van der Waals surface area (Å²) in [5, 5.41) is 10.8. The molecule has 0 amide bonds. The summed E-state index contributed by atoms with van der Waals surface area (Å²) in [7, 11) is 3.08.